The van der Waals surface area contributed by atoms with Gasteiger partial charge >= 0.3 is 0 Å². The van der Waals surface area contributed by atoms with Crippen LogP contribution in [0, 0.1) is 18.1 Å². The molecule has 0 saturated carbocycles. The highest BCUT2D eigenvalue weighted by Gasteiger charge is 2.12. The lowest BCUT2D eigenvalue weighted by atomic mass is 10.2. The quantitative estimate of drug-likeness (QED) is 0.414. The highest BCUT2D eigenvalue weighted by molar-refractivity contribution is 5.96. The predicted molar refractivity (Wildman–Crippen MR) is 116 cm³/mol. The molecule has 0 spiro atoms. The lowest BCUT2D eigenvalue weighted by Crippen LogP contribution is -2.26. The normalized spacial score (nSPS) is 11.2. The van der Waals surface area contributed by atoms with Gasteiger partial charge < -0.3 is 19.8 Å². The summed E-state index contributed by atoms with van der Waals surface area (Å²) in [6.45, 7) is 0.0227. The molecule has 0 aliphatic carbocycles. The minimum Gasteiger partial charge on any atom is -0.345 e. The molecule has 0 fully saturated rings. The van der Waals surface area contributed by atoms with Crippen molar-refractivity contribution in [3.8, 4) is 0 Å². The van der Waals surface area contributed by atoms with Gasteiger partial charge in [-0.3, -0.25) is 14.4 Å². The van der Waals surface area contributed by atoms with Crippen LogP contribution < -0.4 is 10.9 Å². The molecule has 0 unspecified atom stereocenters. The van der Waals surface area contributed by atoms with E-state index >= 15 is 0 Å². The van der Waals surface area contributed by atoms with E-state index in [0.29, 0.717) is 24.2 Å². The molecule has 8 nitrogen and oxygen atoms in total. The van der Waals surface area contributed by atoms with Crippen molar-refractivity contribution in [1.29, 1.82) is 0 Å². The summed E-state index contributed by atoms with van der Waals surface area (Å²) < 4.78 is 28.1. The van der Waals surface area contributed by atoms with E-state index in [1.165, 1.54) is 34.2 Å². The number of allylic oxidation sites excluding steroid dienone is 1. The van der Waals surface area contributed by atoms with Gasteiger partial charge in [0.05, 0.1) is 24.0 Å². The molecule has 1 radical (unpaired) electrons. The molecule has 2 amide bonds. The van der Waals surface area contributed by atoms with Crippen LogP contribution in [0.15, 0.2) is 47.4 Å². The Morgan fingerprint density at radius 1 is 1.22 bits per heavy atom. The smallest absolute Gasteiger partial charge is 0.274 e. The second kappa shape index (κ2) is 9.99. The molecule has 167 valence electrons. The van der Waals surface area contributed by atoms with Gasteiger partial charge in [-0.05, 0) is 31.1 Å². The van der Waals surface area contributed by atoms with Crippen molar-refractivity contribution in [1.82, 2.24) is 19.4 Å². The number of rotatable bonds is 8. The Morgan fingerprint density at radius 3 is 2.72 bits per heavy atom. The number of carbonyl (C=O) groups excluding carboxylic acids is 2. The fourth-order valence-corrected chi connectivity index (χ4v) is 2.88. The molecular weight excluding hydrogens is 420 g/mol. The predicted octanol–water partition coefficient (Wildman–Crippen LogP) is 2.62. The Kier molecular flexibility index (Phi) is 7.14. The number of likely N-dealkylation sites (N-methyl/N-ethyl adjacent to an activating group) is 1. The van der Waals surface area contributed by atoms with E-state index in [9.17, 15) is 23.2 Å². The number of benzene rings is 1. The Labute approximate surface area is 182 Å². The number of anilines is 1. The summed E-state index contributed by atoms with van der Waals surface area (Å²) in [6.07, 6.45) is 6.91. The number of hydrogen-bond acceptors (Lipinski definition) is 4. The molecule has 10 heteroatoms. The third-order valence-corrected chi connectivity index (χ3v) is 4.54. The number of fused-ring (bicyclic) bond motifs is 1. The van der Waals surface area contributed by atoms with Crippen LogP contribution in [0.2, 0.25) is 0 Å². The SMILES string of the molecule is CN(C)C(=O)/C=C/CC[CH]C(=O)Nc1cccn(Cc2nc3cc(F)c(F)cc3[nH]2)c1=O. The number of unbranched alkanes of at least 4 members (excludes halogenated alkanes) is 1. The first kappa shape index (κ1) is 22.9. The molecule has 0 bridgehead atoms. The number of nitrogens with one attached hydrogen (secondary N) is 2. The van der Waals surface area contributed by atoms with E-state index in [4.69, 9.17) is 0 Å². The maximum absolute atomic E-state index is 13.4. The van der Waals surface area contributed by atoms with Gasteiger partial charge in [0.15, 0.2) is 11.6 Å². The van der Waals surface area contributed by atoms with Crippen molar-refractivity contribution in [2.45, 2.75) is 19.4 Å². The van der Waals surface area contributed by atoms with Gasteiger partial charge in [-0.1, -0.05) is 6.08 Å². The molecule has 0 aliphatic heterocycles. The monoisotopic (exact) mass is 442 g/mol. The minimum absolute atomic E-state index is 0.0227. The van der Waals surface area contributed by atoms with E-state index < -0.39 is 23.1 Å². The summed E-state index contributed by atoms with van der Waals surface area (Å²) in [5.41, 5.74) is 0.184. The van der Waals surface area contributed by atoms with E-state index in [-0.39, 0.29) is 23.7 Å². The fraction of sp³-hybridized carbons (Fsp3) is 0.227. The van der Waals surface area contributed by atoms with Gasteiger partial charge in [-0.15, -0.1) is 0 Å². The first-order valence-corrected chi connectivity index (χ1v) is 9.79. The molecule has 0 aliphatic rings. The molecule has 32 heavy (non-hydrogen) atoms. The molecule has 2 heterocycles. The van der Waals surface area contributed by atoms with Gasteiger partial charge in [0.25, 0.3) is 5.56 Å². The number of H-pyrrole nitrogens is 1. The van der Waals surface area contributed by atoms with Crippen molar-refractivity contribution >= 4 is 28.5 Å². The van der Waals surface area contributed by atoms with Crippen LogP contribution in [-0.2, 0) is 16.1 Å². The number of imidazole rings is 1. The van der Waals surface area contributed by atoms with Crippen molar-refractivity contribution in [2.75, 3.05) is 19.4 Å². The summed E-state index contributed by atoms with van der Waals surface area (Å²) in [7, 11) is 3.29. The fourth-order valence-electron chi connectivity index (χ4n) is 2.88. The molecule has 0 atom stereocenters. The number of aromatic amines is 1. The number of pyridine rings is 1. The van der Waals surface area contributed by atoms with Crippen molar-refractivity contribution in [2.24, 2.45) is 0 Å². The molecule has 3 aromatic rings. The van der Waals surface area contributed by atoms with E-state index in [0.717, 1.165) is 12.1 Å². The highest BCUT2D eigenvalue weighted by Crippen LogP contribution is 2.16. The number of carbonyl (C=O) groups is 2. The third kappa shape index (κ3) is 5.65. The van der Waals surface area contributed by atoms with Crippen LogP contribution in [0.25, 0.3) is 11.0 Å². The average Bonchev–Trinajstić information content (AvgIpc) is 3.11. The Morgan fingerprint density at radius 2 is 1.97 bits per heavy atom. The van der Waals surface area contributed by atoms with Crippen molar-refractivity contribution in [3.63, 3.8) is 0 Å². The molecular formula is C22H22F2N5O3. The van der Waals surface area contributed by atoms with Crippen LogP contribution in [0.4, 0.5) is 14.5 Å². The molecule has 3 rings (SSSR count). The van der Waals surface area contributed by atoms with Gasteiger partial charge in [0.2, 0.25) is 11.8 Å². The summed E-state index contributed by atoms with van der Waals surface area (Å²) in [5.74, 6) is -2.25. The van der Waals surface area contributed by atoms with Gasteiger partial charge in [0, 0.05) is 32.4 Å². The zero-order valence-electron chi connectivity index (χ0n) is 17.6. The Balaban J connectivity index is 1.61. The summed E-state index contributed by atoms with van der Waals surface area (Å²) in [5, 5.41) is 2.54. The number of amides is 2. The van der Waals surface area contributed by atoms with Gasteiger partial charge in [-0.25, -0.2) is 13.8 Å². The van der Waals surface area contributed by atoms with E-state index in [2.05, 4.69) is 15.3 Å². The maximum Gasteiger partial charge on any atom is 0.274 e. The average molecular weight is 442 g/mol. The first-order chi connectivity index (χ1) is 15.2. The highest BCUT2D eigenvalue weighted by atomic mass is 19.2. The lowest BCUT2D eigenvalue weighted by Gasteiger charge is -2.08. The summed E-state index contributed by atoms with van der Waals surface area (Å²) >= 11 is 0. The standard InChI is InChI=1S/C22H22F2N5O3/c1-28(2)21(31)9-5-3-4-8-20(30)27-16-7-6-10-29(22(16)32)13-19-25-17-11-14(23)15(24)12-18(17)26-19/h5-12H,3-4,13H2,1-2H3,(H,25,26)(H,27,30)/b9-5+. The van der Waals surface area contributed by atoms with Crippen LogP contribution in [0.3, 0.4) is 0 Å². The Hall–Kier alpha value is -3.82. The zero-order valence-corrected chi connectivity index (χ0v) is 17.6. The molecule has 0 saturated heterocycles. The number of halogens is 2. The van der Waals surface area contributed by atoms with Crippen LogP contribution in [0.1, 0.15) is 18.7 Å². The molecule has 1 aromatic carbocycles. The van der Waals surface area contributed by atoms with E-state index in [1.54, 1.807) is 26.2 Å². The molecule has 2 N–H and O–H groups in total. The van der Waals surface area contributed by atoms with Crippen molar-refractivity contribution < 1.29 is 18.4 Å². The van der Waals surface area contributed by atoms with Gasteiger partial charge in [-0.2, -0.15) is 0 Å². The second-order valence-corrected chi connectivity index (χ2v) is 7.23. The van der Waals surface area contributed by atoms with Crippen LogP contribution in [-0.4, -0.2) is 45.3 Å². The number of nitrogens with zero attached hydrogens (tertiary/aromatic N) is 3. The number of hydrogen-bond donors (Lipinski definition) is 2. The maximum atomic E-state index is 13.4. The second-order valence-electron chi connectivity index (χ2n) is 7.23. The third-order valence-electron chi connectivity index (χ3n) is 4.54. The first-order valence-electron chi connectivity index (χ1n) is 9.79. The molecule has 2 aromatic heterocycles. The van der Waals surface area contributed by atoms with Crippen LogP contribution in [0.5, 0.6) is 0 Å². The topological polar surface area (TPSA) is 100 Å². The summed E-state index contributed by atoms with van der Waals surface area (Å²) in [6, 6.07) is 5.05. The minimum atomic E-state index is -1.01. The van der Waals surface area contributed by atoms with Crippen LogP contribution >= 0.6 is 0 Å². The Bertz CT molecular complexity index is 1190. The largest absolute Gasteiger partial charge is 0.345 e. The van der Waals surface area contributed by atoms with Crippen molar-refractivity contribution in [3.05, 3.63) is 76.8 Å². The number of aromatic nitrogens is 3. The van der Waals surface area contributed by atoms with E-state index in [1.807, 2.05) is 0 Å². The van der Waals surface area contributed by atoms with Gasteiger partial charge in [0.1, 0.15) is 11.5 Å². The summed E-state index contributed by atoms with van der Waals surface area (Å²) in [4.78, 5) is 44.7. The lowest BCUT2D eigenvalue weighted by molar-refractivity contribution is -0.123. The zero-order chi connectivity index (χ0) is 23.3.